The zero-order valence-corrected chi connectivity index (χ0v) is 15.8. The molecule has 0 radical (unpaired) electrons. The zero-order valence-electron chi connectivity index (χ0n) is 15.8. The molecule has 9 heteroatoms. The van der Waals surface area contributed by atoms with Crippen LogP contribution in [0.1, 0.15) is 18.5 Å². The molecule has 1 amide bonds. The van der Waals surface area contributed by atoms with E-state index in [0.717, 1.165) is 0 Å². The number of hydrogen-bond donors (Lipinski definition) is 1. The van der Waals surface area contributed by atoms with Crippen LogP contribution in [0.4, 0.5) is 29.1 Å². The number of alkyl halides is 3. The lowest BCUT2D eigenvalue weighted by atomic mass is 9.96. The molecule has 3 aromatic rings. The highest BCUT2D eigenvalue weighted by atomic mass is 19.4. The lowest BCUT2D eigenvalue weighted by Crippen LogP contribution is -2.42. The van der Waals surface area contributed by atoms with Crippen molar-refractivity contribution in [3.8, 4) is 0 Å². The van der Waals surface area contributed by atoms with Gasteiger partial charge < -0.3 is 10.2 Å². The third-order valence-electron chi connectivity index (χ3n) is 5.04. The number of nitrogens with one attached hydrogen (secondary N) is 1. The van der Waals surface area contributed by atoms with E-state index in [0.29, 0.717) is 24.9 Å². The summed E-state index contributed by atoms with van der Waals surface area (Å²) < 4.78 is 54.8. The van der Waals surface area contributed by atoms with E-state index >= 15 is 0 Å². The second kappa shape index (κ2) is 7.89. The Hall–Kier alpha value is -3.23. The van der Waals surface area contributed by atoms with Crippen LogP contribution in [-0.2, 0) is 11.0 Å². The first-order chi connectivity index (χ1) is 14.3. The van der Waals surface area contributed by atoms with Crippen LogP contribution in [0.2, 0.25) is 0 Å². The number of amides is 1. The Morgan fingerprint density at radius 3 is 2.40 bits per heavy atom. The van der Waals surface area contributed by atoms with Gasteiger partial charge in [0.25, 0.3) is 0 Å². The van der Waals surface area contributed by atoms with Crippen LogP contribution in [0.25, 0.3) is 11.0 Å². The van der Waals surface area contributed by atoms with Crippen LogP contribution in [0.3, 0.4) is 0 Å². The van der Waals surface area contributed by atoms with Gasteiger partial charge in [0.2, 0.25) is 5.91 Å². The quantitative estimate of drug-likeness (QED) is 0.630. The summed E-state index contributed by atoms with van der Waals surface area (Å²) in [6.07, 6.45) is -3.70. The fourth-order valence-corrected chi connectivity index (χ4v) is 3.58. The van der Waals surface area contributed by atoms with Gasteiger partial charge in [-0.15, -0.1) is 0 Å². The average molecular weight is 418 g/mol. The lowest BCUT2D eigenvalue weighted by molar-refractivity contribution is -0.140. The topological polar surface area (TPSA) is 58.1 Å². The monoisotopic (exact) mass is 418 g/mol. The van der Waals surface area contributed by atoms with Gasteiger partial charge in [0.1, 0.15) is 5.82 Å². The van der Waals surface area contributed by atoms with Crippen molar-refractivity contribution in [2.45, 2.75) is 19.0 Å². The Morgan fingerprint density at radius 2 is 1.70 bits per heavy atom. The summed E-state index contributed by atoms with van der Waals surface area (Å²) in [6.45, 7) is 0.357. The number of halogens is 4. The molecular formula is C21H18F4N4O. The van der Waals surface area contributed by atoms with Crippen molar-refractivity contribution in [3.05, 3.63) is 60.0 Å². The highest BCUT2D eigenvalue weighted by Crippen LogP contribution is 2.36. The minimum Gasteiger partial charge on any atom is -0.354 e. The number of carbonyl (C=O) groups excluding carboxylic acids is 1. The normalized spacial score (nSPS) is 17.2. The van der Waals surface area contributed by atoms with E-state index in [9.17, 15) is 22.4 Å². The van der Waals surface area contributed by atoms with Crippen molar-refractivity contribution < 1.29 is 22.4 Å². The summed E-state index contributed by atoms with van der Waals surface area (Å²) in [5.41, 5.74) is -0.532. The van der Waals surface area contributed by atoms with Gasteiger partial charge in [-0.1, -0.05) is 24.3 Å². The molecule has 0 bridgehead atoms. The predicted octanol–water partition coefficient (Wildman–Crippen LogP) is 4.64. The van der Waals surface area contributed by atoms with Gasteiger partial charge >= 0.3 is 6.18 Å². The number of nitrogens with zero attached hydrogens (tertiary/aromatic N) is 3. The van der Waals surface area contributed by atoms with Gasteiger partial charge in [-0.2, -0.15) is 13.2 Å². The van der Waals surface area contributed by atoms with E-state index in [-0.39, 0.29) is 23.6 Å². The Kier molecular flexibility index (Phi) is 5.27. The maximum absolute atomic E-state index is 13.8. The molecule has 1 atom stereocenters. The standard InChI is InChI=1S/C21H18F4N4O/c22-14-7-1-2-8-15(14)28-20(30)13-6-5-11-29(12-13)19-18(21(23,24)25)26-16-9-3-4-10-17(16)27-19/h1-4,7-10,13H,5-6,11-12H2,(H,28,30). The molecule has 2 aromatic carbocycles. The minimum atomic E-state index is -4.69. The first-order valence-electron chi connectivity index (χ1n) is 9.47. The molecule has 0 saturated carbocycles. The molecule has 1 aliphatic rings. The van der Waals surface area contributed by atoms with Crippen LogP contribution in [-0.4, -0.2) is 29.0 Å². The summed E-state index contributed by atoms with van der Waals surface area (Å²) >= 11 is 0. The summed E-state index contributed by atoms with van der Waals surface area (Å²) in [5.74, 6) is -1.90. The highest BCUT2D eigenvalue weighted by Gasteiger charge is 2.40. The third-order valence-corrected chi connectivity index (χ3v) is 5.04. The van der Waals surface area contributed by atoms with Crippen molar-refractivity contribution in [2.24, 2.45) is 5.92 Å². The molecule has 30 heavy (non-hydrogen) atoms. The van der Waals surface area contributed by atoms with E-state index < -0.39 is 29.5 Å². The van der Waals surface area contributed by atoms with Gasteiger partial charge in [0.05, 0.1) is 22.6 Å². The first-order valence-corrected chi connectivity index (χ1v) is 9.47. The first kappa shape index (κ1) is 20.1. The highest BCUT2D eigenvalue weighted by molar-refractivity contribution is 5.93. The molecule has 4 rings (SSSR count). The van der Waals surface area contributed by atoms with Gasteiger partial charge in [-0.3, -0.25) is 4.79 Å². The number of fused-ring (bicyclic) bond motifs is 1. The minimum absolute atomic E-state index is 0.0381. The summed E-state index contributed by atoms with van der Waals surface area (Å²) in [7, 11) is 0. The number of aromatic nitrogens is 2. The number of hydrogen-bond acceptors (Lipinski definition) is 4. The maximum Gasteiger partial charge on any atom is 0.437 e. The fourth-order valence-electron chi connectivity index (χ4n) is 3.58. The second-order valence-electron chi connectivity index (χ2n) is 7.14. The number of benzene rings is 2. The maximum atomic E-state index is 13.8. The van der Waals surface area contributed by atoms with Crippen molar-refractivity contribution in [1.82, 2.24) is 9.97 Å². The molecule has 1 aliphatic heterocycles. The Morgan fingerprint density at radius 1 is 1.03 bits per heavy atom. The summed E-state index contributed by atoms with van der Waals surface area (Å²) in [6, 6.07) is 12.1. The van der Waals surface area contributed by atoms with Crippen LogP contribution >= 0.6 is 0 Å². The van der Waals surface area contributed by atoms with E-state index in [4.69, 9.17) is 0 Å². The van der Waals surface area contributed by atoms with Crippen molar-refractivity contribution >= 4 is 28.4 Å². The summed E-state index contributed by atoms with van der Waals surface area (Å²) in [5, 5.41) is 2.53. The van der Waals surface area contributed by atoms with Gasteiger partial charge in [-0.25, -0.2) is 14.4 Å². The average Bonchev–Trinajstić information content (AvgIpc) is 2.74. The van der Waals surface area contributed by atoms with Crippen LogP contribution in [0.5, 0.6) is 0 Å². The van der Waals surface area contributed by atoms with E-state index in [1.54, 1.807) is 24.3 Å². The number of anilines is 2. The molecule has 1 fully saturated rings. The molecule has 1 aromatic heterocycles. The van der Waals surface area contributed by atoms with Crippen molar-refractivity contribution in [3.63, 3.8) is 0 Å². The van der Waals surface area contributed by atoms with Crippen LogP contribution in [0.15, 0.2) is 48.5 Å². The predicted molar refractivity (Wildman–Crippen MR) is 105 cm³/mol. The van der Waals surface area contributed by atoms with Gasteiger partial charge in [0, 0.05) is 13.1 Å². The van der Waals surface area contributed by atoms with Crippen LogP contribution < -0.4 is 10.2 Å². The molecule has 1 saturated heterocycles. The zero-order chi connectivity index (χ0) is 21.3. The Labute approximate surface area is 169 Å². The second-order valence-corrected chi connectivity index (χ2v) is 7.14. The molecule has 5 nitrogen and oxygen atoms in total. The Balaban J connectivity index is 1.62. The SMILES string of the molecule is O=C(Nc1ccccc1F)C1CCCN(c2nc3ccccc3nc2C(F)(F)F)C1. The van der Waals surface area contributed by atoms with Gasteiger partial charge in [0.15, 0.2) is 11.5 Å². The molecular weight excluding hydrogens is 400 g/mol. The third kappa shape index (κ3) is 4.05. The number of carbonyl (C=O) groups is 1. The van der Waals surface area contributed by atoms with E-state index in [2.05, 4.69) is 15.3 Å². The largest absolute Gasteiger partial charge is 0.437 e. The number of para-hydroxylation sites is 3. The van der Waals surface area contributed by atoms with Gasteiger partial charge in [-0.05, 0) is 37.1 Å². The molecule has 1 N–H and O–H groups in total. The number of piperidine rings is 1. The molecule has 156 valence electrons. The molecule has 0 spiro atoms. The number of rotatable bonds is 3. The van der Waals surface area contributed by atoms with E-state index in [1.165, 1.54) is 29.2 Å². The van der Waals surface area contributed by atoms with E-state index in [1.807, 2.05) is 0 Å². The van der Waals surface area contributed by atoms with Crippen LogP contribution in [0, 0.1) is 11.7 Å². The smallest absolute Gasteiger partial charge is 0.354 e. The van der Waals surface area contributed by atoms with Crippen molar-refractivity contribution in [2.75, 3.05) is 23.3 Å². The molecule has 2 heterocycles. The summed E-state index contributed by atoms with van der Waals surface area (Å²) in [4.78, 5) is 22.1. The molecule has 1 unspecified atom stereocenters. The fraction of sp³-hybridized carbons (Fsp3) is 0.286. The Bertz CT molecular complexity index is 1090. The molecule has 0 aliphatic carbocycles. The van der Waals surface area contributed by atoms with Crippen molar-refractivity contribution in [1.29, 1.82) is 0 Å². The lowest BCUT2D eigenvalue weighted by Gasteiger charge is -2.34.